The lowest BCUT2D eigenvalue weighted by Gasteiger charge is -2.31. The Hall–Kier alpha value is -3.22. The summed E-state index contributed by atoms with van der Waals surface area (Å²) in [7, 11) is 0. The Morgan fingerprint density at radius 2 is 0.960 bits per heavy atom. The van der Waals surface area contributed by atoms with Gasteiger partial charge in [-0.15, -0.1) is 0 Å². The highest BCUT2D eigenvalue weighted by Crippen LogP contribution is 2.27. The van der Waals surface area contributed by atoms with Gasteiger partial charge in [-0.25, -0.2) is 9.59 Å². The third kappa shape index (κ3) is 6.42. The molecule has 13 heteroatoms. The molecule has 0 radical (unpaired) electrons. The molecule has 0 aromatic heterocycles. The predicted octanol–water partition coefficient (Wildman–Crippen LogP) is -2.02. The molecule has 0 aliphatic carbocycles. The lowest BCUT2D eigenvalue weighted by Crippen LogP contribution is -2.53. The van der Waals surface area contributed by atoms with E-state index in [9.17, 15) is 33.9 Å². The summed E-state index contributed by atoms with van der Waals surface area (Å²) in [6.07, 6.45) is -6.07. The zero-order chi connectivity index (χ0) is 20.0. The van der Waals surface area contributed by atoms with Gasteiger partial charge in [0.2, 0.25) is 5.60 Å². The molecular formula is C12H14O13. The molecule has 0 aromatic rings. The molecule has 0 aliphatic heterocycles. The van der Waals surface area contributed by atoms with E-state index in [1.165, 1.54) is 0 Å². The molecule has 0 saturated heterocycles. The molecule has 0 fully saturated rings. The van der Waals surface area contributed by atoms with E-state index in [0.29, 0.717) is 0 Å². The molecule has 0 aliphatic rings. The van der Waals surface area contributed by atoms with Crippen LogP contribution in [0.25, 0.3) is 0 Å². The molecule has 0 rings (SSSR count). The van der Waals surface area contributed by atoms with Crippen molar-refractivity contribution in [2.75, 3.05) is 0 Å². The van der Waals surface area contributed by atoms with Crippen LogP contribution in [-0.4, -0.2) is 77.7 Å². The van der Waals surface area contributed by atoms with Crippen LogP contribution in [0.2, 0.25) is 0 Å². The fourth-order valence-corrected chi connectivity index (χ4v) is 1.80. The standard InChI is InChI=1S/C12H14O13/c13-5(14)1-11(24,2-6(15)16)10(23)25-12(9(21)22,3-7(17)18)4-8(19)20/h24H,1-4H2,(H,13,14)(H,15,16)(H,17,18)(H,19,20)(H,21,22). The molecule has 0 aromatic carbocycles. The van der Waals surface area contributed by atoms with E-state index in [4.69, 9.17) is 25.5 Å². The zero-order valence-electron chi connectivity index (χ0n) is 12.4. The highest BCUT2D eigenvalue weighted by Gasteiger charge is 2.52. The van der Waals surface area contributed by atoms with E-state index in [1.807, 2.05) is 0 Å². The monoisotopic (exact) mass is 366 g/mol. The number of carboxylic acid groups (broad SMARTS) is 5. The Morgan fingerprint density at radius 3 is 1.20 bits per heavy atom. The molecule has 6 N–H and O–H groups in total. The first-order valence-corrected chi connectivity index (χ1v) is 6.30. The van der Waals surface area contributed by atoms with Crippen LogP contribution in [0.1, 0.15) is 25.7 Å². The number of carboxylic acids is 5. The lowest BCUT2D eigenvalue weighted by atomic mass is 9.92. The summed E-state index contributed by atoms with van der Waals surface area (Å²) in [6, 6.07) is 0. The Kier molecular flexibility index (Phi) is 7.01. The van der Waals surface area contributed by atoms with Crippen LogP contribution in [0.5, 0.6) is 0 Å². The summed E-state index contributed by atoms with van der Waals surface area (Å²) >= 11 is 0. The van der Waals surface area contributed by atoms with Gasteiger partial charge in [-0.3, -0.25) is 19.2 Å². The number of aliphatic carboxylic acids is 5. The van der Waals surface area contributed by atoms with Crippen LogP contribution in [0, 0.1) is 0 Å². The maximum Gasteiger partial charge on any atom is 0.349 e. The minimum atomic E-state index is -3.24. The Bertz CT molecular complexity index is 572. The van der Waals surface area contributed by atoms with Crippen molar-refractivity contribution in [2.45, 2.75) is 36.9 Å². The van der Waals surface area contributed by atoms with Crippen LogP contribution in [0.4, 0.5) is 0 Å². The van der Waals surface area contributed by atoms with Crippen molar-refractivity contribution in [3.8, 4) is 0 Å². The maximum atomic E-state index is 12.0. The number of esters is 1. The van der Waals surface area contributed by atoms with Gasteiger partial charge in [-0.2, -0.15) is 0 Å². The normalized spacial score (nSPS) is 11.4. The molecule has 0 unspecified atom stereocenters. The lowest BCUT2D eigenvalue weighted by molar-refractivity contribution is -0.200. The Balaban J connectivity index is 5.90. The summed E-state index contributed by atoms with van der Waals surface area (Å²) in [5.41, 5.74) is -6.42. The third-order valence-electron chi connectivity index (χ3n) is 2.82. The largest absolute Gasteiger partial charge is 0.481 e. The molecule has 0 bridgehead atoms. The van der Waals surface area contributed by atoms with Crippen LogP contribution < -0.4 is 0 Å². The van der Waals surface area contributed by atoms with Crippen molar-refractivity contribution in [1.29, 1.82) is 0 Å². The van der Waals surface area contributed by atoms with Crippen molar-refractivity contribution >= 4 is 35.8 Å². The highest BCUT2D eigenvalue weighted by atomic mass is 16.6. The number of ether oxygens (including phenoxy) is 1. The van der Waals surface area contributed by atoms with Gasteiger partial charge in [0, 0.05) is 0 Å². The summed E-state index contributed by atoms with van der Waals surface area (Å²) < 4.78 is 4.31. The molecule has 140 valence electrons. The number of rotatable bonds is 11. The van der Waals surface area contributed by atoms with Crippen molar-refractivity contribution in [3.63, 3.8) is 0 Å². The molecule has 0 amide bonds. The fourth-order valence-electron chi connectivity index (χ4n) is 1.80. The van der Waals surface area contributed by atoms with Crippen LogP contribution in [0.15, 0.2) is 0 Å². The second-order valence-corrected chi connectivity index (χ2v) is 5.00. The fraction of sp³-hybridized carbons (Fsp3) is 0.500. The van der Waals surface area contributed by atoms with Crippen molar-refractivity contribution in [2.24, 2.45) is 0 Å². The number of aliphatic hydroxyl groups is 1. The highest BCUT2D eigenvalue weighted by molar-refractivity contribution is 5.94. The molecule has 13 nitrogen and oxygen atoms in total. The average molecular weight is 366 g/mol. The molecule has 0 spiro atoms. The maximum absolute atomic E-state index is 12.0. The first-order valence-electron chi connectivity index (χ1n) is 6.30. The van der Waals surface area contributed by atoms with Gasteiger partial charge in [0.1, 0.15) is 0 Å². The summed E-state index contributed by atoms with van der Waals surface area (Å²) in [5, 5.41) is 53.7. The molecule has 0 saturated carbocycles. The SMILES string of the molecule is O=C(O)CC(O)(CC(=O)O)C(=O)OC(CC(=O)O)(CC(=O)O)C(=O)O. The average Bonchev–Trinajstić information content (AvgIpc) is 2.34. The van der Waals surface area contributed by atoms with Gasteiger partial charge < -0.3 is 35.4 Å². The van der Waals surface area contributed by atoms with Gasteiger partial charge in [0.15, 0.2) is 5.60 Å². The smallest absolute Gasteiger partial charge is 0.349 e. The zero-order valence-corrected chi connectivity index (χ0v) is 12.4. The van der Waals surface area contributed by atoms with Crippen molar-refractivity contribution in [3.05, 3.63) is 0 Å². The van der Waals surface area contributed by atoms with Crippen molar-refractivity contribution < 1.29 is 64.1 Å². The number of hydrogen-bond acceptors (Lipinski definition) is 8. The first-order chi connectivity index (χ1) is 11.2. The van der Waals surface area contributed by atoms with Crippen LogP contribution in [0.3, 0.4) is 0 Å². The number of carbonyl (C=O) groups is 6. The van der Waals surface area contributed by atoms with Gasteiger partial charge >= 0.3 is 35.8 Å². The molecule has 25 heavy (non-hydrogen) atoms. The Labute approximate surface area is 138 Å². The third-order valence-corrected chi connectivity index (χ3v) is 2.82. The van der Waals surface area contributed by atoms with Gasteiger partial charge in [-0.05, 0) is 0 Å². The van der Waals surface area contributed by atoms with E-state index >= 15 is 0 Å². The van der Waals surface area contributed by atoms with E-state index in [0.717, 1.165) is 0 Å². The van der Waals surface area contributed by atoms with E-state index in [-0.39, 0.29) is 0 Å². The van der Waals surface area contributed by atoms with Crippen LogP contribution in [-0.2, 0) is 33.5 Å². The first kappa shape index (κ1) is 21.8. The second kappa shape index (κ2) is 8.05. The van der Waals surface area contributed by atoms with E-state index < -0.39 is 72.7 Å². The minimum absolute atomic E-state index is 1.51. The van der Waals surface area contributed by atoms with Gasteiger partial charge in [-0.1, -0.05) is 0 Å². The van der Waals surface area contributed by atoms with Crippen molar-refractivity contribution in [1.82, 2.24) is 0 Å². The topological polar surface area (TPSA) is 233 Å². The van der Waals surface area contributed by atoms with E-state index in [1.54, 1.807) is 0 Å². The summed E-state index contributed by atoms with van der Waals surface area (Å²) in [6.45, 7) is 0. The second-order valence-electron chi connectivity index (χ2n) is 5.00. The summed E-state index contributed by atoms with van der Waals surface area (Å²) in [5.74, 6) is -11.7. The van der Waals surface area contributed by atoms with Gasteiger partial charge in [0.05, 0.1) is 25.7 Å². The van der Waals surface area contributed by atoms with Gasteiger partial charge in [0.25, 0.3) is 0 Å². The number of carbonyl (C=O) groups excluding carboxylic acids is 1. The van der Waals surface area contributed by atoms with E-state index in [2.05, 4.69) is 4.74 Å². The summed E-state index contributed by atoms with van der Waals surface area (Å²) in [4.78, 5) is 66.2. The van der Waals surface area contributed by atoms with Crippen LogP contribution >= 0.6 is 0 Å². The molecule has 0 atom stereocenters. The predicted molar refractivity (Wildman–Crippen MR) is 70.4 cm³/mol. The Morgan fingerprint density at radius 1 is 0.640 bits per heavy atom. The molecular weight excluding hydrogens is 352 g/mol. The number of hydrogen-bond donors (Lipinski definition) is 6. The molecule has 0 heterocycles. The quantitative estimate of drug-likeness (QED) is 0.217. The minimum Gasteiger partial charge on any atom is -0.481 e.